The fraction of sp³-hybridized carbons (Fsp3) is 0.273. The lowest BCUT2D eigenvalue weighted by molar-refractivity contribution is -0.385. The van der Waals surface area contributed by atoms with Crippen molar-refractivity contribution in [2.75, 3.05) is 7.11 Å². The van der Waals surface area contributed by atoms with E-state index in [4.69, 9.17) is 11.2 Å². The molecular formula is C11H11NO3. The van der Waals surface area contributed by atoms with Gasteiger partial charge in [-0.2, -0.15) is 0 Å². The number of hydrogen-bond donors (Lipinski definition) is 0. The highest BCUT2D eigenvalue weighted by atomic mass is 16.6. The lowest BCUT2D eigenvalue weighted by Crippen LogP contribution is -1.99. The van der Waals surface area contributed by atoms with Gasteiger partial charge in [-0.05, 0) is 19.1 Å². The molecule has 4 nitrogen and oxygen atoms in total. The van der Waals surface area contributed by atoms with Crippen LogP contribution in [0.15, 0.2) is 18.2 Å². The summed E-state index contributed by atoms with van der Waals surface area (Å²) in [6, 6.07) is 4.55. The molecule has 0 aliphatic rings. The first kappa shape index (κ1) is 11.1. The minimum atomic E-state index is -0.442. The van der Waals surface area contributed by atoms with Gasteiger partial charge in [-0.15, -0.1) is 6.42 Å². The minimum Gasteiger partial charge on any atom is -0.497 e. The molecule has 0 bridgehead atoms. The third kappa shape index (κ3) is 2.26. The van der Waals surface area contributed by atoms with E-state index in [9.17, 15) is 10.1 Å². The summed E-state index contributed by atoms with van der Waals surface area (Å²) in [5.74, 6) is 2.73. The number of nitro groups is 1. The number of methoxy groups -OCH3 is 1. The second kappa shape index (κ2) is 4.47. The van der Waals surface area contributed by atoms with E-state index in [1.54, 1.807) is 19.1 Å². The molecule has 0 aliphatic carbocycles. The Morgan fingerprint density at radius 1 is 1.60 bits per heavy atom. The Kier molecular flexibility index (Phi) is 3.29. The van der Waals surface area contributed by atoms with Crippen LogP contribution in [0.4, 0.5) is 5.69 Å². The molecule has 0 radical (unpaired) electrons. The van der Waals surface area contributed by atoms with E-state index in [0.29, 0.717) is 11.3 Å². The van der Waals surface area contributed by atoms with E-state index in [2.05, 4.69) is 5.92 Å². The number of benzene rings is 1. The number of nitrogens with zero attached hydrogens (tertiary/aromatic N) is 1. The van der Waals surface area contributed by atoms with Gasteiger partial charge in [0.2, 0.25) is 0 Å². The largest absolute Gasteiger partial charge is 0.497 e. The van der Waals surface area contributed by atoms with Gasteiger partial charge in [0, 0.05) is 17.5 Å². The van der Waals surface area contributed by atoms with Crippen molar-refractivity contribution in [1.29, 1.82) is 0 Å². The predicted molar refractivity (Wildman–Crippen MR) is 56.9 cm³/mol. The first-order valence-corrected chi connectivity index (χ1v) is 4.38. The molecule has 1 atom stereocenters. The summed E-state index contributed by atoms with van der Waals surface area (Å²) in [6.45, 7) is 1.74. The van der Waals surface area contributed by atoms with Crippen LogP contribution in [0.5, 0.6) is 5.75 Å². The maximum atomic E-state index is 10.7. The normalized spacial score (nSPS) is 11.5. The fourth-order valence-electron chi connectivity index (χ4n) is 1.26. The van der Waals surface area contributed by atoms with Gasteiger partial charge >= 0.3 is 0 Å². The van der Waals surface area contributed by atoms with Crippen LogP contribution in [0.3, 0.4) is 0 Å². The molecule has 15 heavy (non-hydrogen) atoms. The molecule has 78 valence electrons. The summed E-state index contributed by atoms with van der Waals surface area (Å²) in [7, 11) is 1.51. The van der Waals surface area contributed by atoms with Gasteiger partial charge in [-0.1, -0.05) is 5.92 Å². The number of nitro benzene ring substituents is 1. The monoisotopic (exact) mass is 205 g/mol. The zero-order chi connectivity index (χ0) is 11.4. The molecule has 0 N–H and O–H groups in total. The van der Waals surface area contributed by atoms with Crippen LogP contribution in [0.2, 0.25) is 0 Å². The quantitative estimate of drug-likeness (QED) is 0.432. The average molecular weight is 205 g/mol. The first-order valence-electron chi connectivity index (χ1n) is 4.38. The molecule has 1 rings (SSSR count). The third-order valence-corrected chi connectivity index (χ3v) is 2.15. The summed E-state index contributed by atoms with van der Waals surface area (Å²) < 4.78 is 4.99. The Morgan fingerprint density at radius 3 is 2.73 bits per heavy atom. The maximum absolute atomic E-state index is 10.7. The maximum Gasteiger partial charge on any atom is 0.274 e. The highest BCUT2D eigenvalue weighted by Crippen LogP contribution is 2.29. The molecule has 4 heteroatoms. The molecule has 0 fully saturated rings. The third-order valence-electron chi connectivity index (χ3n) is 2.15. The summed E-state index contributed by atoms with van der Waals surface area (Å²) in [4.78, 5) is 10.3. The Morgan fingerprint density at radius 2 is 2.27 bits per heavy atom. The lowest BCUT2D eigenvalue weighted by atomic mass is 10.00. The number of terminal acetylenes is 1. The molecule has 1 aromatic rings. The van der Waals surface area contributed by atoms with Crippen molar-refractivity contribution in [2.24, 2.45) is 0 Å². The SMILES string of the molecule is C#CC(C)c1cc(OC)ccc1[N+](=O)[O-]. The number of hydrogen-bond acceptors (Lipinski definition) is 3. The van der Waals surface area contributed by atoms with Crippen molar-refractivity contribution >= 4 is 5.69 Å². The second-order valence-electron chi connectivity index (χ2n) is 3.07. The molecular weight excluding hydrogens is 194 g/mol. The summed E-state index contributed by atoms with van der Waals surface area (Å²) in [5, 5.41) is 10.7. The van der Waals surface area contributed by atoms with Crippen molar-refractivity contribution in [1.82, 2.24) is 0 Å². The van der Waals surface area contributed by atoms with Crippen molar-refractivity contribution < 1.29 is 9.66 Å². The van der Waals surface area contributed by atoms with Crippen molar-refractivity contribution in [2.45, 2.75) is 12.8 Å². The molecule has 0 spiro atoms. The van der Waals surface area contributed by atoms with Crippen LogP contribution in [-0.2, 0) is 0 Å². The molecule has 0 heterocycles. The summed E-state index contributed by atoms with van der Waals surface area (Å²) >= 11 is 0. The summed E-state index contributed by atoms with van der Waals surface area (Å²) in [6.07, 6.45) is 5.25. The lowest BCUT2D eigenvalue weighted by Gasteiger charge is -2.07. The highest BCUT2D eigenvalue weighted by molar-refractivity contribution is 5.49. The van der Waals surface area contributed by atoms with Crippen LogP contribution >= 0.6 is 0 Å². The van der Waals surface area contributed by atoms with Crippen LogP contribution in [0.1, 0.15) is 18.4 Å². The molecule has 0 aliphatic heterocycles. The second-order valence-corrected chi connectivity index (χ2v) is 3.07. The van der Waals surface area contributed by atoms with E-state index in [1.807, 2.05) is 0 Å². The first-order chi connectivity index (χ1) is 7.10. The van der Waals surface area contributed by atoms with Gasteiger partial charge in [0.15, 0.2) is 0 Å². The topological polar surface area (TPSA) is 52.4 Å². The fourth-order valence-corrected chi connectivity index (χ4v) is 1.26. The Hall–Kier alpha value is -2.02. The zero-order valence-electron chi connectivity index (χ0n) is 8.56. The van der Waals surface area contributed by atoms with Gasteiger partial charge in [0.1, 0.15) is 5.75 Å². The van der Waals surface area contributed by atoms with E-state index in [0.717, 1.165) is 0 Å². The predicted octanol–water partition coefficient (Wildman–Crippen LogP) is 2.34. The van der Waals surface area contributed by atoms with Crippen LogP contribution in [0.25, 0.3) is 0 Å². The van der Waals surface area contributed by atoms with Crippen molar-refractivity contribution in [3.8, 4) is 18.1 Å². The Balaban J connectivity index is 3.30. The zero-order valence-corrected chi connectivity index (χ0v) is 8.56. The standard InChI is InChI=1S/C11H11NO3/c1-4-8(2)10-7-9(15-3)5-6-11(10)12(13)14/h1,5-8H,2-3H3. The number of rotatable bonds is 3. The van der Waals surface area contributed by atoms with E-state index < -0.39 is 4.92 Å². The van der Waals surface area contributed by atoms with Gasteiger partial charge < -0.3 is 4.74 Å². The molecule has 1 unspecified atom stereocenters. The van der Waals surface area contributed by atoms with Crippen LogP contribution < -0.4 is 4.74 Å². The van der Waals surface area contributed by atoms with E-state index in [1.165, 1.54) is 13.2 Å². The average Bonchev–Trinajstić information content (AvgIpc) is 2.26. The molecule has 0 amide bonds. The van der Waals surface area contributed by atoms with E-state index in [-0.39, 0.29) is 11.6 Å². The van der Waals surface area contributed by atoms with Gasteiger partial charge in [-0.25, -0.2) is 0 Å². The van der Waals surface area contributed by atoms with Crippen molar-refractivity contribution in [3.63, 3.8) is 0 Å². The molecule has 0 saturated heterocycles. The van der Waals surface area contributed by atoms with Gasteiger partial charge in [0.05, 0.1) is 12.0 Å². The van der Waals surface area contributed by atoms with E-state index >= 15 is 0 Å². The van der Waals surface area contributed by atoms with Crippen LogP contribution in [-0.4, -0.2) is 12.0 Å². The highest BCUT2D eigenvalue weighted by Gasteiger charge is 2.18. The smallest absolute Gasteiger partial charge is 0.274 e. The minimum absolute atomic E-state index is 0.0289. The van der Waals surface area contributed by atoms with Gasteiger partial charge in [0.25, 0.3) is 5.69 Å². The molecule has 0 saturated carbocycles. The van der Waals surface area contributed by atoms with Gasteiger partial charge in [-0.3, -0.25) is 10.1 Å². The number of ether oxygens (including phenoxy) is 1. The van der Waals surface area contributed by atoms with Crippen LogP contribution in [0, 0.1) is 22.5 Å². The Bertz CT molecular complexity index is 420. The van der Waals surface area contributed by atoms with Crippen molar-refractivity contribution in [3.05, 3.63) is 33.9 Å². The molecule has 0 aromatic heterocycles. The Labute approximate surface area is 88.0 Å². The summed E-state index contributed by atoms with van der Waals surface area (Å²) in [5.41, 5.74) is 0.531. The molecule has 1 aromatic carbocycles.